The molecule has 1 aromatic rings. The fourth-order valence-electron chi connectivity index (χ4n) is 3.24. The van der Waals surface area contributed by atoms with E-state index in [2.05, 4.69) is 0 Å². The van der Waals surface area contributed by atoms with Crippen molar-refractivity contribution in [1.29, 1.82) is 0 Å². The molecule has 0 bridgehead atoms. The second-order valence-electron chi connectivity index (χ2n) is 6.44. The van der Waals surface area contributed by atoms with Crippen LogP contribution in [-0.2, 0) is 22.2 Å². The van der Waals surface area contributed by atoms with Gasteiger partial charge in [0.1, 0.15) is 5.78 Å². The maximum Gasteiger partial charge on any atom is 0.416 e. The van der Waals surface area contributed by atoms with Crippen LogP contribution >= 0.6 is 0 Å². The van der Waals surface area contributed by atoms with Crippen LogP contribution in [0.2, 0.25) is 0 Å². The smallest absolute Gasteiger partial charge is 0.416 e. The molecule has 0 aromatic heterocycles. The lowest BCUT2D eigenvalue weighted by molar-refractivity contribution is -0.144. The van der Waals surface area contributed by atoms with E-state index in [-0.39, 0.29) is 30.1 Å². The summed E-state index contributed by atoms with van der Waals surface area (Å²) in [5.41, 5.74) is -0.517. The van der Waals surface area contributed by atoms with Crippen LogP contribution < -0.4 is 0 Å². The molecule has 1 aromatic carbocycles. The average molecular weight is 342 g/mol. The minimum Gasteiger partial charge on any atom is -0.481 e. The van der Waals surface area contributed by atoms with Crippen molar-refractivity contribution in [3.8, 4) is 0 Å². The number of hydrogen-bond acceptors (Lipinski definition) is 2. The molecule has 1 saturated carbocycles. The highest BCUT2D eigenvalue weighted by Crippen LogP contribution is 2.31. The van der Waals surface area contributed by atoms with Gasteiger partial charge in [0.2, 0.25) is 0 Å². The Bertz CT molecular complexity index is 589. The van der Waals surface area contributed by atoms with Crippen molar-refractivity contribution >= 4 is 11.8 Å². The van der Waals surface area contributed by atoms with Crippen LogP contribution in [0.5, 0.6) is 0 Å². The van der Waals surface area contributed by atoms with E-state index < -0.39 is 23.6 Å². The molecule has 3 nitrogen and oxygen atoms in total. The van der Waals surface area contributed by atoms with Gasteiger partial charge in [0.05, 0.1) is 11.5 Å². The van der Waals surface area contributed by atoms with Gasteiger partial charge in [-0.25, -0.2) is 0 Å². The second kappa shape index (κ2) is 7.81. The first-order chi connectivity index (χ1) is 11.3. The minimum absolute atomic E-state index is 0.0717. The van der Waals surface area contributed by atoms with Gasteiger partial charge in [0.25, 0.3) is 0 Å². The average Bonchev–Trinajstić information content (AvgIpc) is 2.54. The Morgan fingerprint density at radius 3 is 2.42 bits per heavy atom. The molecule has 0 spiro atoms. The number of aliphatic carboxylic acids is 1. The molecule has 0 aliphatic heterocycles. The largest absolute Gasteiger partial charge is 0.481 e. The molecule has 1 aliphatic rings. The molecule has 0 saturated heterocycles. The summed E-state index contributed by atoms with van der Waals surface area (Å²) in [6.07, 6.45) is -0.0377. The van der Waals surface area contributed by atoms with Crippen LogP contribution in [0.25, 0.3) is 0 Å². The zero-order chi connectivity index (χ0) is 17.7. The summed E-state index contributed by atoms with van der Waals surface area (Å²) in [4.78, 5) is 23.7. The predicted octanol–water partition coefficient (Wildman–Crippen LogP) is 4.49. The fourth-order valence-corrected chi connectivity index (χ4v) is 3.24. The Kier molecular flexibility index (Phi) is 6.02. The molecule has 1 atom stereocenters. The molecule has 0 radical (unpaired) electrons. The van der Waals surface area contributed by atoms with Gasteiger partial charge in [0.15, 0.2) is 0 Å². The first kappa shape index (κ1) is 18.5. The van der Waals surface area contributed by atoms with Crippen molar-refractivity contribution in [2.75, 3.05) is 0 Å². The molecule has 1 fully saturated rings. The van der Waals surface area contributed by atoms with E-state index in [9.17, 15) is 27.9 Å². The van der Waals surface area contributed by atoms with Gasteiger partial charge in [-0.1, -0.05) is 37.5 Å². The van der Waals surface area contributed by atoms with Crippen LogP contribution in [0.3, 0.4) is 0 Å². The number of ketones is 1. The predicted molar refractivity (Wildman–Crippen MR) is 82.5 cm³/mol. The van der Waals surface area contributed by atoms with E-state index in [1.54, 1.807) is 0 Å². The number of hydrogen-bond donors (Lipinski definition) is 1. The molecule has 24 heavy (non-hydrogen) atoms. The quantitative estimate of drug-likeness (QED) is 0.829. The lowest BCUT2D eigenvalue weighted by atomic mass is 9.82. The number of carbonyl (C=O) groups is 2. The molecular formula is C18H21F3O3. The van der Waals surface area contributed by atoms with Gasteiger partial charge in [-0.3, -0.25) is 9.59 Å². The van der Waals surface area contributed by atoms with Gasteiger partial charge in [-0.2, -0.15) is 13.2 Å². The van der Waals surface area contributed by atoms with Gasteiger partial charge in [-0.05, 0) is 30.9 Å². The van der Waals surface area contributed by atoms with E-state index in [4.69, 9.17) is 0 Å². The molecule has 1 unspecified atom stereocenters. The highest BCUT2D eigenvalue weighted by Gasteiger charge is 2.31. The van der Waals surface area contributed by atoms with Crippen molar-refractivity contribution < 1.29 is 27.9 Å². The van der Waals surface area contributed by atoms with Crippen LogP contribution in [-0.4, -0.2) is 16.9 Å². The topological polar surface area (TPSA) is 54.4 Å². The van der Waals surface area contributed by atoms with Gasteiger partial charge >= 0.3 is 12.1 Å². The SMILES string of the molecule is O=C(O)C(CC(=O)C1CCCCC1)Cc1cccc(C(F)(F)F)c1. The first-order valence-electron chi connectivity index (χ1n) is 8.19. The minimum atomic E-state index is -4.47. The zero-order valence-corrected chi connectivity index (χ0v) is 13.3. The number of carboxylic acid groups (broad SMARTS) is 1. The Morgan fingerprint density at radius 2 is 1.83 bits per heavy atom. The molecule has 1 aliphatic carbocycles. The number of Topliss-reactive ketones (excluding diaryl/α,β-unsaturated/α-hetero) is 1. The molecule has 6 heteroatoms. The highest BCUT2D eigenvalue weighted by atomic mass is 19.4. The standard InChI is InChI=1S/C18H21F3O3/c19-18(20,21)15-8-4-5-12(10-15)9-14(17(23)24)11-16(22)13-6-2-1-3-7-13/h4-5,8,10,13-14H,1-3,6-7,9,11H2,(H,23,24). The van der Waals surface area contributed by atoms with Crippen LogP contribution in [0, 0.1) is 11.8 Å². The molecule has 2 rings (SSSR count). The number of carbonyl (C=O) groups excluding carboxylic acids is 1. The summed E-state index contributed by atoms with van der Waals surface area (Å²) in [7, 11) is 0. The molecule has 132 valence electrons. The second-order valence-corrected chi connectivity index (χ2v) is 6.44. The third-order valence-electron chi connectivity index (χ3n) is 4.59. The summed E-state index contributed by atoms with van der Waals surface area (Å²) >= 11 is 0. The van der Waals surface area contributed by atoms with Crippen LogP contribution in [0.15, 0.2) is 24.3 Å². The summed E-state index contributed by atoms with van der Waals surface area (Å²) in [6.45, 7) is 0. The van der Waals surface area contributed by atoms with E-state index in [0.29, 0.717) is 0 Å². The monoisotopic (exact) mass is 342 g/mol. The highest BCUT2D eigenvalue weighted by molar-refractivity contribution is 5.85. The number of alkyl halides is 3. The summed E-state index contributed by atoms with van der Waals surface area (Å²) in [5, 5.41) is 9.34. The van der Waals surface area contributed by atoms with Crippen LogP contribution in [0.4, 0.5) is 13.2 Å². The van der Waals surface area contributed by atoms with Gasteiger partial charge in [0, 0.05) is 12.3 Å². The summed E-state index contributed by atoms with van der Waals surface area (Å²) in [5.74, 6) is -2.30. The van der Waals surface area contributed by atoms with Gasteiger partial charge in [-0.15, -0.1) is 0 Å². The molecule has 0 amide bonds. The maximum absolute atomic E-state index is 12.7. The molecule has 0 heterocycles. The summed E-state index contributed by atoms with van der Waals surface area (Å²) in [6, 6.07) is 4.64. The number of halogens is 3. The third-order valence-corrected chi connectivity index (χ3v) is 4.59. The molecular weight excluding hydrogens is 321 g/mol. The number of carboxylic acids is 1. The Hall–Kier alpha value is -1.85. The van der Waals surface area contributed by atoms with Crippen molar-refractivity contribution in [1.82, 2.24) is 0 Å². The normalized spacial score (nSPS) is 17.5. The third kappa shape index (κ3) is 5.08. The van der Waals surface area contributed by atoms with E-state index >= 15 is 0 Å². The number of rotatable bonds is 6. The lowest BCUT2D eigenvalue weighted by Crippen LogP contribution is -2.25. The number of benzene rings is 1. The van der Waals surface area contributed by atoms with Crippen molar-refractivity contribution in [2.45, 2.75) is 51.1 Å². The van der Waals surface area contributed by atoms with Crippen LogP contribution in [0.1, 0.15) is 49.7 Å². The maximum atomic E-state index is 12.7. The van der Waals surface area contributed by atoms with Crippen molar-refractivity contribution in [3.63, 3.8) is 0 Å². The van der Waals surface area contributed by atoms with E-state index in [0.717, 1.165) is 44.2 Å². The lowest BCUT2D eigenvalue weighted by Gasteiger charge is -2.22. The zero-order valence-electron chi connectivity index (χ0n) is 13.3. The molecule has 1 N–H and O–H groups in total. The fraction of sp³-hybridized carbons (Fsp3) is 0.556. The van der Waals surface area contributed by atoms with Gasteiger partial charge < -0.3 is 5.11 Å². The Morgan fingerprint density at radius 1 is 1.17 bits per heavy atom. The van der Waals surface area contributed by atoms with E-state index in [1.165, 1.54) is 12.1 Å². The summed E-state index contributed by atoms with van der Waals surface area (Å²) < 4.78 is 38.2. The van der Waals surface area contributed by atoms with Crippen molar-refractivity contribution in [3.05, 3.63) is 35.4 Å². The first-order valence-corrected chi connectivity index (χ1v) is 8.19. The Balaban J connectivity index is 2.06. The Labute approximate surface area is 138 Å². The van der Waals surface area contributed by atoms with Crippen molar-refractivity contribution in [2.24, 2.45) is 11.8 Å². The van der Waals surface area contributed by atoms with E-state index in [1.807, 2.05) is 0 Å².